The number of aldehydes is 1. The minimum Gasteiger partial charge on any atom is -0.496 e. The highest BCUT2D eigenvalue weighted by atomic mass is 19.1. The van der Waals surface area contributed by atoms with Gasteiger partial charge in [-0.05, 0) is 12.0 Å². The minimum absolute atomic E-state index is 0.0418. The molecule has 3 nitrogen and oxygen atoms in total. The molecule has 0 amide bonds. The Labute approximate surface area is 94.2 Å². The van der Waals surface area contributed by atoms with Crippen LogP contribution in [-0.4, -0.2) is 20.5 Å². The summed E-state index contributed by atoms with van der Waals surface area (Å²) in [5.74, 6) is -0.0473. The van der Waals surface area contributed by atoms with Crippen molar-refractivity contribution in [2.75, 3.05) is 14.2 Å². The number of hydrogen-bond acceptors (Lipinski definition) is 3. The van der Waals surface area contributed by atoms with Crippen LogP contribution in [0.25, 0.3) is 0 Å². The fourth-order valence-electron chi connectivity index (χ4n) is 1.64. The molecule has 0 spiro atoms. The van der Waals surface area contributed by atoms with E-state index in [1.807, 2.05) is 13.8 Å². The normalized spacial score (nSPS) is 10.4. The first-order chi connectivity index (χ1) is 7.56. The summed E-state index contributed by atoms with van der Waals surface area (Å²) in [6.07, 6.45) is 0.449. The molecule has 0 radical (unpaired) electrons. The van der Waals surface area contributed by atoms with Crippen LogP contribution in [0.3, 0.4) is 0 Å². The Morgan fingerprint density at radius 3 is 2.31 bits per heavy atom. The van der Waals surface area contributed by atoms with Gasteiger partial charge in [-0.2, -0.15) is 0 Å². The highest BCUT2D eigenvalue weighted by molar-refractivity contribution is 5.78. The molecule has 0 aliphatic rings. The molecule has 1 aromatic rings. The molecule has 88 valence electrons. The van der Waals surface area contributed by atoms with Crippen LogP contribution in [0.1, 0.15) is 35.7 Å². The molecule has 0 N–H and O–H groups in total. The van der Waals surface area contributed by atoms with Crippen molar-refractivity contribution in [3.63, 3.8) is 0 Å². The van der Waals surface area contributed by atoms with Crippen molar-refractivity contribution >= 4 is 6.29 Å². The molecule has 16 heavy (non-hydrogen) atoms. The maximum Gasteiger partial charge on any atom is 0.176 e. The summed E-state index contributed by atoms with van der Waals surface area (Å²) >= 11 is 0. The second-order valence-electron chi connectivity index (χ2n) is 3.70. The number of benzene rings is 1. The smallest absolute Gasteiger partial charge is 0.176 e. The van der Waals surface area contributed by atoms with Gasteiger partial charge in [0.05, 0.1) is 19.8 Å². The van der Waals surface area contributed by atoms with Gasteiger partial charge in [0.1, 0.15) is 5.75 Å². The Balaban J connectivity index is 3.56. The fourth-order valence-corrected chi connectivity index (χ4v) is 1.64. The third kappa shape index (κ3) is 2.01. The van der Waals surface area contributed by atoms with Crippen LogP contribution >= 0.6 is 0 Å². The standard InChI is InChI=1S/C12H15FO3/c1-7(2)10-9(15-3)5-8(6-14)11(13)12(10)16-4/h5-7H,1-4H3. The number of carbonyl (C=O) groups is 1. The molecule has 0 aliphatic carbocycles. The van der Waals surface area contributed by atoms with E-state index < -0.39 is 5.82 Å². The molecule has 1 rings (SSSR count). The highest BCUT2D eigenvalue weighted by Gasteiger charge is 2.21. The van der Waals surface area contributed by atoms with E-state index in [1.54, 1.807) is 0 Å². The van der Waals surface area contributed by atoms with Crippen LogP contribution in [-0.2, 0) is 0 Å². The number of hydrogen-bond donors (Lipinski definition) is 0. The van der Waals surface area contributed by atoms with E-state index in [2.05, 4.69) is 0 Å². The Morgan fingerprint density at radius 2 is 1.94 bits per heavy atom. The first-order valence-electron chi connectivity index (χ1n) is 4.96. The first-order valence-corrected chi connectivity index (χ1v) is 4.96. The maximum absolute atomic E-state index is 13.8. The van der Waals surface area contributed by atoms with Crippen LogP contribution in [0, 0.1) is 5.82 Å². The number of halogens is 1. The summed E-state index contributed by atoms with van der Waals surface area (Å²) in [4.78, 5) is 10.7. The number of ether oxygens (including phenoxy) is 2. The first kappa shape index (κ1) is 12.5. The zero-order valence-corrected chi connectivity index (χ0v) is 9.83. The van der Waals surface area contributed by atoms with Crippen molar-refractivity contribution in [2.24, 2.45) is 0 Å². The predicted octanol–water partition coefficient (Wildman–Crippen LogP) is 2.78. The van der Waals surface area contributed by atoms with Crippen LogP contribution in [0.2, 0.25) is 0 Å². The van der Waals surface area contributed by atoms with Crippen LogP contribution in [0.15, 0.2) is 6.07 Å². The molecule has 0 saturated carbocycles. The lowest BCUT2D eigenvalue weighted by atomic mass is 9.98. The van der Waals surface area contributed by atoms with Gasteiger partial charge in [0.2, 0.25) is 0 Å². The Hall–Kier alpha value is -1.58. The third-order valence-electron chi connectivity index (χ3n) is 2.38. The predicted molar refractivity (Wildman–Crippen MR) is 59.0 cm³/mol. The van der Waals surface area contributed by atoms with E-state index in [-0.39, 0.29) is 17.2 Å². The van der Waals surface area contributed by atoms with E-state index in [4.69, 9.17) is 9.47 Å². The summed E-state index contributed by atoms with van der Waals surface area (Å²) in [6, 6.07) is 1.39. The lowest BCUT2D eigenvalue weighted by Crippen LogP contribution is -2.04. The second kappa shape index (κ2) is 4.96. The van der Waals surface area contributed by atoms with Gasteiger partial charge in [0.25, 0.3) is 0 Å². The van der Waals surface area contributed by atoms with Gasteiger partial charge in [-0.15, -0.1) is 0 Å². The van der Waals surface area contributed by atoms with Gasteiger partial charge in [-0.3, -0.25) is 4.79 Å². The molecule has 0 atom stereocenters. The number of carbonyl (C=O) groups excluding carboxylic acids is 1. The van der Waals surface area contributed by atoms with Gasteiger partial charge in [-0.25, -0.2) is 4.39 Å². The third-order valence-corrected chi connectivity index (χ3v) is 2.38. The van der Waals surface area contributed by atoms with Gasteiger partial charge in [-0.1, -0.05) is 13.8 Å². The van der Waals surface area contributed by atoms with E-state index in [0.29, 0.717) is 17.6 Å². The van der Waals surface area contributed by atoms with Crippen molar-refractivity contribution in [3.05, 3.63) is 23.0 Å². The van der Waals surface area contributed by atoms with Crippen molar-refractivity contribution in [2.45, 2.75) is 19.8 Å². The molecule has 0 heterocycles. The molecule has 0 unspecified atom stereocenters. The lowest BCUT2D eigenvalue weighted by Gasteiger charge is -2.17. The molecule has 0 saturated heterocycles. The molecular weight excluding hydrogens is 211 g/mol. The zero-order valence-electron chi connectivity index (χ0n) is 9.83. The summed E-state index contributed by atoms with van der Waals surface area (Å²) < 4.78 is 23.9. The average molecular weight is 226 g/mol. The molecule has 0 aliphatic heterocycles. The average Bonchev–Trinajstić information content (AvgIpc) is 2.27. The van der Waals surface area contributed by atoms with Gasteiger partial charge >= 0.3 is 0 Å². The van der Waals surface area contributed by atoms with E-state index in [1.165, 1.54) is 20.3 Å². The van der Waals surface area contributed by atoms with Crippen LogP contribution in [0.4, 0.5) is 4.39 Å². The van der Waals surface area contributed by atoms with Crippen molar-refractivity contribution < 1.29 is 18.7 Å². The lowest BCUT2D eigenvalue weighted by molar-refractivity contribution is 0.111. The molecular formula is C12H15FO3. The summed E-state index contributed by atoms with van der Waals surface area (Å²) in [6.45, 7) is 3.81. The summed E-state index contributed by atoms with van der Waals surface area (Å²) in [7, 11) is 2.85. The van der Waals surface area contributed by atoms with Crippen molar-refractivity contribution in [1.29, 1.82) is 0 Å². The topological polar surface area (TPSA) is 35.5 Å². The molecule has 0 fully saturated rings. The monoisotopic (exact) mass is 226 g/mol. The van der Waals surface area contributed by atoms with Gasteiger partial charge in [0, 0.05) is 5.56 Å². The number of rotatable bonds is 4. The molecule has 1 aromatic carbocycles. The largest absolute Gasteiger partial charge is 0.496 e. The van der Waals surface area contributed by atoms with Crippen molar-refractivity contribution in [1.82, 2.24) is 0 Å². The molecule has 4 heteroatoms. The van der Waals surface area contributed by atoms with E-state index >= 15 is 0 Å². The highest BCUT2D eigenvalue weighted by Crippen LogP contribution is 2.38. The molecule has 0 aromatic heterocycles. The molecule has 0 bridgehead atoms. The minimum atomic E-state index is -0.637. The quantitative estimate of drug-likeness (QED) is 0.740. The summed E-state index contributed by atoms with van der Waals surface area (Å²) in [5.41, 5.74) is 0.575. The SMILES string of the molecule is COc1cc(C=O)c(F)c(OC)c1C(C)C. The Kier molecular flexibility index (Phi) is 3.88. The fraction of sp³-hybridized carbons (Fsp3) is 0.417. The Morgan fingerprint density at radius 1 is 1.31 bits per heavy atom. The van der Waals surface area contributed by atoms with Gasteiger partial charge < -0.3 is 9.47 Å². The van der Waals surface area contributed by atoms with Crippen LogP contribution < -0.4 is 9.47 Å². The van der Waals surface area contributed by atoms with E-state index in [9.17, 15) is 9.18 Å². The maximum atomic E-state index is 13.8. The number of methoxy groups -OCH3 is 2. The zero-order chi connectivity index (χ0) is 12.3. The summed E-state index contributed by atoms with van der Waals surface area (Å²) in [5, 5.41) is 0. The van der Waals surface area contributed by atoms with Crippen LogP contribution in [0.5, 0.6) is 11.5 Å². The van der Waals surface area contributed by atoms with E-state index in [0.717, 1.165) is 0 Å². The Bertz CT molecular complexity index is 400. The van der Waals surface area contributed by atoms with Crippen molar-refractivity contribution in [3.8, 4) is 11.5 Å². The second-order valence-corrected chi connectivity index (χ2v) is 3.70. The van der Waals surface area contributed by atoms with Gasteiger partial charge in [0.15, 0.2) is 17.9 Å².